The van der Waals surface area contributed by atoms with Crippen LogP contribution < -0.4 is 10.1 Å². The van der Waals surface area contributed by atoms with Crippen LogP contribution >= 0.6 is 11.8 Å². The van der Waals surface area contributed by atoms with Crippen molar-refractivity contribution in [3.8, 4) is 5.75 Å². The molecule has 0 aliphatic carbocycles. The third-order valence-electron chi connectivity index (χ3n) is 3.40. The van der Waals surface area contributed by atoms with Crippen molar-refractivity contribution >= 4 is 23.4 Å². The van der Waals surface area contributed by atoms with Crippen LogP contribution in [0.25, 0.3) is 0 Å². The van der Waals surface area contributed by atoms with E-state index in [1.54, 1.807) is 23.9 Å². The maximum atomic E-state index is 12.8. The number of unbranched alkanes of at least 4 members (excludes halogenated alkanes) is 1. The van der Waals surface area contributed by atoms with Crippen LogP contribution in [0.5, 0.6) is 5.75 Å². The van der Waals surface area contributed by atoms with Gasteiger partial charge in [-0.2, -0.15) is 11.8 Å². The molecule has 0 fully saturated rings. The highest BCUT2D eigenvalue weighted by Gasteiger charge is 2.03. The van der Waals surface area contributed by atoms with Crippen LogP contribution in [-0.4, -0.2) is 24.0 Å². The van der Waals surface area contributed by atoms with E-state index in [1.165, 1.54) is 12.1 Å². The number of carbonyl (C=O) groups excluding carboxylic acids is 1. The minimum atomic E-state index is -0.310. The number of thioether (sulfide) groups is 1. The van der Waals surface area contributed by atoms with Gasteiger partial charge >= 0.3 is 0 Å². The zero-order chi connectivity index (χ0) is 17.2. The van der Waals surface area contributed by atoms with Crippen molar-refractivity contribution in [1.29, 1.82) is 0 Å². The van der Waals surface area contributed by atoms with Crippen LogP contribution in [0.15, 0.2) is 48.5 Å². The molecule has 5 heteroatoms. The van der Waals surface area contributed by atoms with Crippen LogP contribution in [0.3, 0.4) is 0 Å². The Labute approximate surface area is 146 Å². The lowest BCUT2D eigenvalue weighted by atomic mass is 10.2. The molecule has 3 nitrogen and oxygen atoms in total. The summed E-state index contributed by atoms with van der Waals surface area (Å²) >= 11 is 1.59. The second-order valence-corrected chi connectivity index (χ2v) is 6.53. The molecule has 2 aromatic rings. The average Bonchev–Trinajstić information content (AvgIpc) is 2.57. The molecule has 0 aliphatic heterocycles. The fourth-order valence-corrected chi connectivity index (χ4v) is 2.91. The van der Waals surface area contributed by atoms with Gasteiger partial charge in [0, 0.05) is 5.69 Å². The maximum absolute atomic E-state index is 12.8. The number of amides is 1. The van der Waals surface area contributed by atoms with Gasteiger partial charge in [-0.3, -0.25) is 4.79 Å². The molecule has 1 N–H and O–H groups in total. The third kappa shape index (κ3) is 6.62. The number of benzene rings is 2. The predicted molar refractivity (Wildman–Crippen MR) is 98.3 cm³/mol. The van der Waals surface area contributed by atoms with Crippen LogP contribution in [0.2, 0.25) is 0 Å². The Morgan fingerprint density at radius 3 is 2.62 bits per heavy atom. The molecule has 0 aromatic heterocycles. The van der Waals surface area contributed by atoms with Gasteiger partial charge in [0.2, 0.25) is 5.91 Å². The molecular weight excluding hydrogens is 325 g/mol. The van der Waals surface area contributed by atoms with E-state index < -0.39 is 0 Å². The van der Waals surface area contributed by atoms with Crippen LogP contribution in [0.4, 0.5) is 10.1 Å². The number of carbonyl (C=O) groups is 1. The van der Waals surface area contributed by atoms with Gasteiger partial charge in [-0.1, -0.05) is 18.2 Å². The zero-order valence-electron chi connectivity index (χ0n) is 13.8. The van der Waals surface area contributed by atoms with Gasteiger partial charge in [0.1, 0.15) is 11.6 Å². The number of hydrogen-bond acceptors (Lipinski definition) is 3. The molecule has 2 aromatic carbocycles. The second kappa shape index (κ2) is 9.98. The number of rotatable bonds is 9. The Bertz CT molecular complexity index is 646. The third-order valence-corrected chi connectivity index (χ3v) is 4.44. The Kier molecular flexibility index (Phi) is 7.62. The first kappa shape index (κ1) is 18.3. The normalized spacial score (nSPS) is 10.4. The molecule has 2 rings (SSSR count). The van der Waals surface area contributed by atoms with E-state index in [2.05, 4.69) is 5.32 Å². The molecular formula is C19H22FNO2S. The first-order chi connectivity index (χ1) is 11.6. The van der Waals surface area contributed by atoms with E-state index in [1.807, 2.05) is 31.2 Å². The minimum Gasteiger partial charge on any atom is -0.493 e. The summed E-state index contributed by atoms with van der Waals surface area (Å²) in [5.41, 5.74) is 1.76. The first-order valence-corrected chi connectivity index (χ1v) is 9.12. The molecule has 0 radical (unpaired) electrons. The highest BCUT2D eigenvalue weighted by molar-refractivity contribution is 7.99. The Balaban J connectivity index is 1.52. The lowest BCUT2D eigenvalue weighted by Gasteiger charge is -2.08. The summed E-state index contributed by atoms with van der Waals surface area (Å²) in [6.45, 7) is 2.72. The summed E-state index contributed by atoms with van der Waals surface area (Å²) < 4.78 is 18.5. The summed E-state index contributed by atoms with van der Waals surface area (Å²) in [6, 6.07) is 13.7. The van der Waals surface area contributed by atoms with Gasteiger partial charge in [0.25, 0.3) is 0 Å². The van der Waals surface area contributed by atoms with E-state index in [0.717, 1.165) is 29.9 Å². The second-order valence-electron chi connectivity index (χ2n) is 5.43. The summed E-state index contributed by atoms with van der Waals surface area (Å²) in [4.78, 5) is 11.8. The Morgan fingerprint density at radius 2 is 1.88 bits per heavy atom. The summed E-state index contributed by atoms with van der Waals surface area (Å²) in [6.07, 6.45) is 1.96. The highest BCUT2D eigenvalue weighted by atomic mass is 32.2. The fourth-order valence-electron chi connectivity index (χ4n) is 2.10. The van der Waals surface area contributed by atoms with Gasteiger partial charge in [-0.05, 0) is 61.4 Å². The summed E-state index contributed by atoms with van der Waals surface area (Å²) in [5, 5.41) is 2.75. The van der Waals surface area contributed by atoms with E-state index in [-0.39, 0.29) is 11.7 Å². The minimum absolute atomic E-state index is 0.0669. The molecule has 0 aliphatic rings. The molecule has 0 spiro atoms. The van der Waals surface area contributed by atoms with Crippen molar-refractivity contribution in [1.82, 2.24) is 0 Å². The fraction of sp³-hybridized carbons (Fsp3) is 0.316. The molecule has 0 heterocycles. The van der Waals surface area contributed by atoms with Crippen molar-refractivity contribution in [2.75, 3.05) is 23.4 Å². The van der Waals surface area contributed by atoms with E-state index >= 15 is 0 Å². The van der Waals surface area contributed by atoms with Crippen molar-refractivity contribution < 1.29 is 13.9 Å². The molecule has 0 atom stereocenters. The maximum Gasteiger partial charge on any atom is 0.234 e. The number of ether oxygens (including phenoxy) is 1. The van der Waals surface area contributed by atoms with E-state index in [9.17, 15) is 9.18 Å². The standard InChI is InChI=1S/C19H22FNO2S/c1-15-6-2-3-7-18(15)23-12-4-5-13-24-14-19(22)21-17-10-8-16(20)9-11-17/h2-3,6-11H,4-5,12-14H2,1H3,(H,21,22). The number of para-hydroxylation sites is 1. The highest BCUT2D eigenvalue weighted by Crippen LogP contribution is 2.16. The van der Waals surface area contributed by atoms with Crippen LogP contribution in [0.1, 0.15) is 18.4 Å². The van der Waals surface area contributed by atoms with E-state index in [0.29, 0.717) is 18.0 Å². The Hall–Kier alpha value is -2.01. The summed E-state index contributed by atoms with van der Waals surface area (Å²) in [7, 11) is 0. The molecule has 1 amide bonds. The predicted octanol–water partition coefficient (Wildman–Crippen LogP) is 4.67. The number of hydrogen-bond donors (Lipinski definition) is 1. The van der Waals surface area contributed by atoms with Gasteiger partial charge in [0.15, 0.2) is 0 Å². The van der Waals surface area contributed by atoms with Crippen LogP contribution in [0, 0.1) is 12.7 Å². The number of anilines is 1. The van der Waals surface area contributed by atoms with Gasteiger partial charge in [0.05, 0.1) is 12.4 Å². The number of aryl methyl sites for hydroxylation is 1. The molecule has 0 bridgehead atoms. The van der Waals surface area contributed by atoms with Crippen molar-refractivity contribution in [3.05, 3.63) is 59.9 Å². The summed E-state index contributed by atoms with van der Waals surface area (Å²) in [5.74, 6) is 1.87. The van der Waals surface area contributed by atoms with Gasteiger partial charge in [-0.15, -0.1) is 0 Å². The van der Waals surface area contributed by atoms with Crippen molar-refractivity contribution in [3.63, 3.8) is 0 Å². The molecule has 0 saturated carbocycles. The Morgan fingerprint density at radius 1 is 1.12 bits per heavy atom. The lowest BCUT2D eigenvalue weighted by molar-refractivity contribution is -0.113. The monoisotopic (exact) mass is 347 g/mol. The average molecular weight is 347 g/mol. The molecule has 0 saturated heterocycles. The number of nitrogens with one attached hydrogen (secondary N) is 1. The first-order valence-electron chi connectivity index (χ1n) is 7.97. The van der Waals surface area contributed by atoms with Crippen LogP contribution in [-0.2, 0) is 4.79 Å². The zero-order valence-corrected chi connectivity index (χ0v) is 14.6. The molecule has 128 valence electrons. The van der Waals surface area contributed by atoms with Gasteiger partial charge in [-0.25, -0.2) is 4.39 Å². The largest absolute Gasteiger partial charge is 0.493 e. The number of halogens is 1. The lowest BCUT2D eigenvalue weighted by Crippen LogP contribution is -2.14. The molecule has 0 unspecified atom stereocenters. The van der Waals surface area contributed by atoms with Crippen molar-refractivity contribution in [2.45, 2.75) is 19.8 Å². The van der Waals surface area contributed by atoms with Gasteiger partial charge < -0.3 is 10.1 Å². The van der Waals surface area contributed by atoms with Crippen molar-refractivity contribution in [2.24, 2.45) is 0 Å². The quantitative estimate of drug-likeness (QED) is 0.670. The SMILES string of the molecule is Cc1ccccc1OCCCCSCC(=O)Nc1ccc(F)cc1. The topological polar surface area (TPSA) is 38.3 Å². The molecule has 24 heavy (non-hydrogen) atoms. The van der Waals surface area contributed by atoms with E-state index in [4.69, 9.17) is 4.74 Å². The smallest absolute Gasteiger partial charge is 0.234 e.